The lowest BCUT2D eigenvalue weighted by atomic mass is 9.95. The van der Waals surface area contributed by atoms with Gasteiger partial charge in [-0.15, -0.1) is 0 Å². The van der Waals surface area contributed by atoms with E-state index in [1.165, 1.54) is 7.11 Å². The second kappa shape index (κ2) is 5.13. The minimum absolute atomic E-state index is 0.0264. The lowest BCUT2D eigenvalue weighted by Gasteiger charge is -2.09. The number of ether oxygens (including phenoxy) is 1. The largest absolute Gasteiger partial charge is 0.469 e. The zero-order valence-electron chi connectivity index (χ0n) is 9.89. The quantitative estimate of drug-likeness (QED) is 0.594. The number of rotatable bonds is 3. The lowest BCUT2D eigenvalue weighted by molar-refractivity contribution is -0.145. The fourth-order valence-corrected chi connectivity index (χ4v) is 2.44. The summed E-state index contributed by atoms with van der Waals surface area (Å²) in [4.78, 5) is 23.5. The minimum Gasteiger partial charge on any atom is -0.469 e. The minimum atomic E-state index is -0.187. The van der Waals surface area contributed by atoms with Crippen LogP contribution in [-0.2, 0) is 9.53 Å². The first-order valence-corrected chi connectivity index (χ1v) is 5.89. The van der Waals surface area contributed by atoms with E-state index < -0.39 is 0 Å². The van der Waals surface area contributed by atoms with E-state index in [2.05, 4.69) is 0 Å². The summed E-state index contributed by atoms with van der Waals surface area (Å²) in [6.07, 6.45) is 2.17. The Bertz CT molecular complexity index is 411. The predicted molar refractivity (Wildman–Crippen MR) is 63.6 cm³/mol. The smallest absolute Gasteiger partial charge is 0.308 e. The summed E-state index contributed by atoms with van der Waals surface area (Å²) in [6.45, 7) is 0. The van der Waals surface area contributed by atoms with E-state index in [4.69, 9.17) is 4.74 Å². The molecule has 0 bridgehead atoms. The van der Waals surface area contributed by atoms with Crippen LogP contribution in [0.4, 0.5) is 0 Å². The van der Waals surface area contributed by atoms with Crippen LogP contribution in [0.2, 0.25) is 0 Å². The van der Waals surface area contributed by atoms with Crippen LogP contribution < -0.4 is 0 Å². The van der Waals surface area contributed by atoms with Crippen LogP contribution in [0.1, 0.15) is 29.6 Å². The third kappa shape index (κ3) is 2.54. The molecule has 0 amide bonds. The van der Waals surface area contributed by atoms with Crippen molar-refractivity contribution in [3.63, 3.8) is 0 Å². The number of hydrogen-bond donors (Lipinski definition) is 0. The molecule has 0 heterocycles. The standard InChI is InChI=1S/C14H16O3/c1-17-14(16)12-8-7-11(9-12)13(15)10-5-3-2-4-6-10/h2-6,11-12H,7-9H2,1H3. The van der Waals surface area contributed by atoms with Gasteiger partial charge < -0.3 is 4.74 Å². The maximum atomic E-state index is 12.2. The third-order valence-electron chi connectivity index (χ3n) is 3.40. The maximum absolute atomic E-state index is 12.2. The van der Waals surface area contributed by atoms with Gasteiger partial charge in [-0.25, -0.2) is 0 Å². The van der Waals surface area contributed by atoms with Crippen LogP contribution in [0.25, 0.3) is 0 Å². The molecule has 90 valence electrons. The second-order valence-electron chi connectivity index (χ2n) is 4.46. The van der Waals surface area contributed by atoms with Gasteiger partial charge in [0.05, 0.1) is 13.0 Å². The average molecular weight is 232 g/mol. The molecule has 2 unspecified atom stereocenters. The lowest BCUT2D eigenvalue weighted by Crippen LogP contribution is -2.16. The van der Waals surface area contributed by atoms with Crippen molar-refractivity contribution in [3.05, 3.63) is 35.9 Å². The molecule has 1 aliphatic carbocycles. The second-order valence-corrected chi connectivity index (χ2v) is 4.46. The van der Waals surface area contributed by atoms with Crippen molar-refractivity contribution in [2.45, 2.75) is 19.3 Å². The highest BCUT2D eigenvalue weighted by Gasteiger charge is 2.34. The number of hydrogen-bond acceptors (Lipinski definition) is 3. The number of Topliss-reactive ketones (excluding diaryl/α,β-unsaturated/α-hetero) is 1. The van der Waals surface area contributed by atoms with Crippen molar-refractivity contribution in [2.75, 3.05) is 7.11 Å². The molecule has 2 rings (SSSR count). The van der Waals surface area contributed by atoms with E-state index >= 15 is 0 Å². The molecule has 1 aromatic rings. The van der Waals surface area contributed by atoms with Gasteiger partial charge in [-0.1, -0.05) is 30.3 Å². The van der Waals surface area contributed by atoms with Crippen LogP contribution >= 0.6 is 0 Å². The summed E-state index contributed by atoms with van der Waals surface area (Å²) in [7, 11) is 1.40. The van der Waals surface area contributed by atoms with Crippen LogP contribution in [0.15, 0.2) is 30.3 Å². The Balaban J connectivity index is 2.02. The number of carbonyl (C=O) groups is 2. The van der Waals surface area contributed by atoms with E-state index in [0.29, 0.717) is 6.42 Å². The Morgan fingerprint density at radius 3 is 2.41 bits per heavy atom. The number of esters is 1. The van der Waals surface area contributed by atoms with Gasteiger partial charge in [0, 0.05) is 11.5 Å². The molecule has 1 saturated carbocycles. The summed E-state index contributed by atoms with van der Waals surface area (Å²) < 4.78 is 4.72. The van der Waals surface area contributed by atoms with Crippen LogP contribution in [0.3, 0.4) is 0 Å². The maximum Gasteiger partial charge on any atom is 0.308 e. The van der Waals surface area contributed by atoms with Crippen molar-refractivity contribution >= 4 is 11.8 Å². The number of methoxy groups -OCH3 is 1. The van der Waals surface area contributed by atoms with Gasteiger partial charge in [-0.05, 0) is 19.3 Å². The summed E-state index contributed by atoms with van der Waals surface area (Å²) >= 11 is 0. The molecule has 0 saturated heterocycles. The first kappa shape index (κ1) is 11.8. The zero-order chi connectivity index (χ0) is 12.3. The van der Waals surface area contributed by atoms with Crippen molar-refractivity contribution < 1.29 is 14.3 Å². The first-order valence-electron chi connectivity index (χ1n) is 5.89. The van der Waals surface area contributed by atoms with Crippen LogP contribution in [-0.4, -0.2) is 18.9 Å². The molecule has 1 aromatic carbocycles. The van der Waals surface area contributed by atoms with Crippen LogP contribution in [0, 0.1) is 11.8 Å². The third-order valence-corrected chi connectivity index (χ3v) is 3.40. The molecular weight excluding hydrogens is 216 g/mol. The fourth-order valence-electron chi connectivity index (χ4n) is 2.44. The predicted octanol–water partition coefficient (Wildman–Crippen LogP) is 2.46. The Kier molecular flexibility index (Phi) is 3.57. The molecule has 1 aliphatic rings. The van der Waals surface area contributed by atoms with Crippen molar-refractivity contribution in [1.29, 1.82) is 0 Å². The van der Waals surface area contributed by atoms with Gasteiger partial charge in [0.1, 0.15) is 0 Å². The SMILES string of the molecule is COC(=O)C1CCC(C(=O)c2ccccc2)C1. The molecule has 17 heavy (non-hydrogen) atoms. The molecular formula is C14H16O3. The van der Waals surface area contributed by atoms with Crippen molar-refractivity contribution in [1.82, 2.24) is 0 Å². The van der Waals surface area contributed by atoms with Crippen molar-refractivity contribution in [2.24, 2.45) is 11.8 Å². The van der Waals surface area contributed by atoms with E-state index in [1.54, 1.807) is 0 Å². The monoisotopic (exact) mass is 232 g/mol. The highest BCUT2D eigenvalue weighted by Crippen LogP contribution is 2.33. The van der Waals surface area contributed by atoms with E-state index in [-0.39, 0.29) is 23.6 Å². The van der Waals surface area contributed by atoms with Gasteiger partial charge in [0.2, 0.25) is 0 Å². The molecule has 3 heteroatoms. The Morgan fingerprint density at radius 1 is 1.12 bits per heavy atom. The van der Waals surface area contributed by atoms with E-state index in [1.807, 2.05) is 30.3 Å². The summed E-state index contributed by atoms with van der Waals surface area (Å²) in [5.74, 6) is -0.162. The molecule has 0 aromatic heterocycles. The fraction of sp³-hybridized carbons (Fsp3) is 0.429. The normalized spacial score (nSPS) is 23.4. The van der Waals surface area contributed by atoms with Gasteiger partial charge in [-0.3, -0.25) is 9.59 Å². The molecule has 0 spiro atoms. The summed E-state index contributed by atoms with van der Waals surface area (Å²) in [5, 5.41) is 0. The van der Waals surface area contributed by atoms with Crippen LogP contribution in [0.5, 0.6) is 0 Å². The Labute approximate surface area is 101 Å². The molecule has 0 N–H and O–H groups in total. The zero-order valence-corrected chi connectivity index (χ0v) is 9.89. The van der Waals surface area contributed by atoms with Gasteiger partial charge >= 0.3 is 5.97 Å². The Hall–Kier alpha value is -1.64. The summed E-state index contributed by atoms with van der Waals surface area (Å²) in [6, 6.07) is 9.27. The van der Waals surface area contributed by atoms with Gasteiger partial charge in [-0.2, -0.15) is 0 Å². The number of ketones is 1. The van der Waals surface area contributed by atoms with Crippen molar-refractivity contribution in [3.8, 4) is 0 Å². The van der Waals surface area contributed by atoms with Gasteiger partial charge in [0.15, 0.2) is 5.78 Å². The van der Waals surface area contributed by atoms with E-state index in [0.717, 1.165) is 18.4 Å². The molecule has 0 radical (unpaired) electrons. The molecule has 0 aliphatic heterocycles. The van der Waals surface area contributed by atoms with Gasteiger partial charge in [0.25, 0.3) is 0 Å². The topological polar surface area (TPSA) is 43.4 Å². The van der Waals surface area contributed by atoms with E-state index in [9.17, 15) is 9.59 Å². The number of benzene rings is 1. The average Bonchev–Trinajstić information content (AvgIpc) is 2.87. The first-order chi connectivity index (χ1) is 8.22. The molecule has 2 atom stereocenters. The number of carbonyl (C=O) groups excluding carboxylic acids is 2. The Morgan fingerprint density at radius 2 is 1.76 bits per heavy atom. The highest BCUT2D eigenvalue weighted by atomic mass is 16.5. The highest BCUT2D eigenvalue weighted by molar-refractivity contribution is 5.98. The summed E-state index contributed by atoms with van der Waals surface area (Å²) in [5.41, 5.74) is 0.739. The molecule has 3 nitrogen and oxygen atoms in total. The molecule has 1 fully saturated rings.